The fourth-order valence-electron chi connectivity index (χ4n) is 2.63. The van der Waals surface area contributed by atoms with Gasteiger partial charge in [-0.2, -0.15) is 0 Å². The number of nitrogens with zero attached hydrogens (tertiary/aromatic N) is 2. The quantitative estimate of drug-likeness (QED) is 0.551. The van der Waals surface area contributed by atoms with Crippen LogP contribution in [0.25, 0.3) is 0 Å². The number of aromatic nitrogens is 1. The van der Waals surface area contributed by atoms with Crippen LogP contribution in [-0.2, 0) is 18.4 Å². The summed E-state index contributed by atoms with van der Waals surface area (Å²) in [6.07, 6.45) is 11.2. The third-order valence-corrected chi connectivity index (χ3v) is 3.99. The molecule has 1 rings (SSSR count). The van der Waals surface area contributed by atoms with Gasteiger partial charge < -0.3 is 9.47 Å². The molecule has 1 aromatic heterocycles. The van der Waals surface area contributed by atoms with E-state index in [1.165, 1.54) is 37.8 Å². The van der Waals surface area contributed by atoms with E-state index in [1.54, 1.807) is 0 Å². The molecule has 0 saturated carbocycles. The number of aryl methyl sites for hydroxylation is 1. The molecule has 0 aliphatic heterocycles. The maximum Gasteiger partial charge on any atom is 0.222 e. The van der Waals surface area contributed by atoms with Gasteiger partial charge in [0.05, 0.1) is 6.54 Å². The monoisotopic (exact) mass is 292 g/mol. The van der Waals surface area contributed by atoms with Gasteiger partial charge in [0.15, 0.2) is 0 Å². The van der Waals surface area contributed by atoms with E-state index >= 15 is 0 Å². The molecule has 0 unspecified atom stereocenters. The van der Waals surface area contributed by atoms with Crippen molar-refractivity contribution < 1.29 is 4.79 Å². The van der Waals surface area contributed by atoms with Gasteiger partial charge in [-0.1, -0.05) is 46.0 Å². The second-order valence-electron chi connectivity index (χ2n) is 5.94. The van der Waals surface area contributed by atoms with Crippen LogP contribution in [0.1, 0.15) is 70.9 Å². The van der Waals surface area contributed by atoms with Crippen molar-refractivity contribution in [2.45, 2.75) is 71.8 Å². The van der Waals surface area contributed by atoms with Gasteiger partial charge in [-0.15, -0.1) is 0 Å². The molecule has 0 atom stereocenters. The average Bonchev–Trinajstić information content (AvgIpc) is 2.87. The molecule has 1 aromatic rings. The highest BCUT2D eigenvalue weighted by molar-refractivity contribution is 5.76. The van der Waals surface area contributed by atoms with Crippen LogP contribution in [-0.4, -0.2) is 21.9 Å². The van der Waals surface area contributed by atoms with E-state index in [2.05, 4.69) is 24.5 Å². The van der Waals surface area contributed by atoms with Crippen LogP contribution in [0.2, 0.25) is 0 Å². The maximum absolute atomic E-state index is 12.4. The summed E-state index contributed by atoms with van der Waals surface area (Å²) in [7, 11) is 2.04. The molecule has 0 bridgehead atoms. The predicted molar refractivity (Wildman–Crippen MR) is 89.1 cm³/mol. The van der Waals surface area contributed by atoms with Crippen LogP contribution in [0.5, 0.6) is 0 Å². The second kappa shape index (κ2) is 10.5. The van der Waals surface area contributed by atoms with Gasteiger partial charge in [0.2, 0.25) is 5.91 Å². The molecule has 1 amide bonds. The molecule has 0 radical (unpaired) electrons. The van der Waals surface area contributed by atoms with Crippen molar-refractivity contribution in [2.24, 2.45) is 7.05 Å². The normalized spacial score (nSPS) is 10.8. The SMILES string of the molecule is CCCCCCCCC(=O)N(CCC)Cc1cccn1C. The van der Waals surface area contributed by atoms with Crippen molar-refractivity contribution in [2.75, 3.05) is 6.54 Å². The molecule has 0 fully saturated rings. The summed E-state index contributed by atoms with van der Waals surface area (Å²) >= 11 is 0. The first-order chi connectivity index (χ1) is 10.2. The molecule has 21 heavy (non-hydrogen) atoms. The second-order valence-corrected chi connectivity index (χ2v) is 5.94. The van der Waals surface area contributed by atoms with E-state index in [9.17, 15) is 4.79 Å². The highest BCUT2D eigenvalue weighted by Crippen LogP contribution is 2.11. The number of hydrogen-bond acceptors (Lipinski definition) is 1. The zero-order chi connectivity index (χ0) is 15.5. The summed E-state index contributed by atoms with van der Waals surface area (Å²) in [6.45, 7) is 5.97. The minimum atomic E-state index is 0.313. The molecule has 3 heteroatoms. The summed E-state index contributed by atoms with van der Waals surface area (Å²) in [5, 5.41) is 0. The minimum Gasteiger partial charge on any atom is -0.353 e. The molecule has 0 saturated heterocycles. The zero-order valence-electron chi connectivity index (χ0n) is 14.1. The first-order valence-electron chi connectivity index (χ1n) is 8.57. The number of amides is 1. The van der Waals surface area contributed by atoms with E-state index in [0.29, 0.717) is 12.3 Å². The number of carbonyl (C=O) groups is 1. The van der Waals surface area contributed by atoms with Crippen molar-refractivity contribution in [3.63, 3.8) is 0 Å². The molecular weight excluding hydrogens is 260 g/mol. The fourth-order valence-corrected chi connectivity index (χ4v) is 2.63. The van der Waals surface area contributed by atoms with Crippen molar-refractivity contribution in [3.05, 3.63) is 24.0 Å². The molecule has 3 nitrogen and oxygen atoms in total. The molecule has 0 aromatic carbocycles. The third kappa shape index (κ3) is 6.83. The molecule has 0 aliphatic rings. The minimum absolute atomic E-state index is 0.313. The summed E-state index contributed by atoms with van der Waals surface area (Å²) in [6, 6.07) is 4.14. The smallest absolute Gasteiger partial charge is 0.222 e. The Morgan fingerprint density at radius 2 is 1.81 bits per heavy atom. The first-order valence-corrected chi connectivity index (χ1v) is 8.57. The lowest BCUT2D eigenvalue weighted by Gasteiger charge is -2.22. The van der Waals surface area contributed by atoms with Gasteiger partial charge in [0, 0.05) is 31.9 Å². The van der Waals surface area contributed by atoms with Gasteiger partial charge in [-0.05, 0) is 25.0 Å². The van der Waals surface area contributed by atoms with Gasteiger partial charge >= 0.3 is 0 Å². The maximum atomic E-state index is 12.4. The summed E-state index contributed by atoms with van der Waals surface area (Å²) < 4.78 is 2.10. The van der Waals surface area contributed by atoms with Crippen molar-refractivity contribution >= 4 is 5.91 Å². The standard InChI is InChI=1S/C18H32N2O/c1-4-6-7-8-9-10-13-18(21)20(14-5-2)16-17-12-11-15-19(17)3/h11-12,15H,4-10,13-14,16H2,1-3H3. The van der Waals surface area contributed by atoms with Crippen LogP contribution in [0, 0.1) is 0 Å². The van der Waals surface area contributed by atoms with Crippen LogP contribution >= 0.6 is 0 Å². The molecule has 0 aliphatic carbocycles. The van der Waals surface area contributed by atoms with Gasteiger partial charge in [0.25, 0.3) is 0 Å². The van der Waals surface area contributed by atoms with E-state index in [1.807, 2.05) is 24.2 Å². The molecule has 0 N–H and O–H groups in total. The Balaban J connectivity index is 2.34. The largest absolute Gasteiger partial charge is 0.353 e. The van der Waals surface area contributed by atoms with Crippen LogP contribution in [0.4, 0.5) is 0 Å². The Hall–Kier alpha value is -1.25. The van der Waals surface area contributed by atoms with Gasteiger partial charge in [0.1, 0.15) is 0 Å². The summed E-state index contributed by atoms with van der Waals surface area (Å²) in [5.74, 6) is 0.313. The van der Waals surface area contributed by atoms with Crippen LogP contribution in [0.15, 0.2) is 18.3 Å². The van der Waals surface area contributed by atoms with Crippen LogP contribution in [0.3, 0.4) is 0 Å². The predicted octanol–water partition coefficient (Wildman–Crippen LogP) is 4.51. The van der Waals surface area contributed by atoms with Crippen LogP contribution < -0.4 is 0 Å². The topological polar surface area (TPSA) is 25.2 Å². The third-order valence-electron chi connectivity index (χ3n) is 3.99. The highest BCUT2D eigenvalue weighted by Gasteiger charge is 2.13. The number of hydrogen-bond donors (Lipinski definition) is 0. The Labute approximate surface area is 130 Å². The van der Waals surface area contributed by atoms with Crippen molar-refractivity contribution in [1.82, 2.24) is 9.47 Å². The lowest BCUT2D eigenvalue weighted by atomic mass is 10.1. The first kappa shape index (κ1) is 17.8. The Kier molecular flexibility index (Phi) is 8.88. The van der Waals surface area contributed by atoms with Crippen molar-refractivity contribution in [1.29, 1.82) is 0 Å². The lowest BCUT2D eigenvalue weighted by Crippen LogP contribution is -2.31. The number of unbranched alkanes of at least 4 members (excludes halogenated alkanes) is 5. The van der Waals surface area contributed by atoms with E-state index in [4.69, 9.17) is 0 Å². The molecular formula is C18H32N2O. The molecule has 1 heterocycles. The summed E-state index contributed by atoms with van der Waals surface area (Å²) in [5.41, 5.74) is 1.21. The Morgan fingerprint density at radius 1 is 1.10 bits per heavy atom. The Morgan fingerprint density at radius 3 is 2.43 bits per heavy atom. The molecule has 120 valence electrons. The highest BCUT2D eigenvalue weighted by atomic mass is 16.2. The Bertz CT molecular complexity index is 398. The lowest BCUT2D eigenvalue weighted by molar-refractivity contribution is -0.132. The van der Waals surface area contributed by atoms with E-state index in [0.717, 1.165) is 25.9 Å². The fraction of sp³-hybridized carbons (Fsp3) is 0.722. The number of carbonyl (C=O) groups excluding carboxylic acids is 1. The average molecular weight is 292 g/mol. The number of rotatable bonds is 11. The van der Waals surface area contributed by atoms with Gasteiger partial charge in [-0.25, -0.2) is 0 Å². The van der Waals surface area contributed by atoms with Crippen molar-refractivity contribution in [3.8, 4) is 0 Å². The summed E-state index contributed by atoms with van der Waals surface area (Å²) in [4.78, 5) is 14.4. The zero-order valence-corrected chi connectivity index (χ0v) is 14.1. The molecule has 0 spiro atoms. The van der Waals surface area contributed by atoms with E-state index < -0.39 is 0 Å². The van der Waals surface area contributed by atoms with Gasteiger partial charge in [-0.3, -0.25) is 4.79 Å². The van der Waals surface area contributed by atoms with E-state index in [-0.39, 0.29) is 0 Å².